The zero-order valence-electron chi connectivity index (χ0n) is 15.9. The molecule has 0 spiro atoms. The Morgan fingerprint density at radius 3 is 2.43 bits per heavy atom. The largest absolute Gasteiger partial charge is 0.311 e. The first-order valence-corrected chi connectivity index (χ1v) is 9.50. The third kappa shape index (κ3) is 3.78. The van der Waals surface area contributed by atoms with Gasteiger partial charge in [0.25, 0.3) is 5.56 Å². The van der Waals surface area contributed by atoms with E-state index in [2.05, 4.69) is 5.32 Å². The Labute approximate surface area is 171 Å². The monoisotopic (exact) mass is 408 g/mol. The van der Waals surface area contributed by atoms with Crippen molar-refractivity contribution in [2.75, 3.05) is 0 Å². The van der Waals surface area contributed by atoms with Crippen LogP contribution in [0.5, 0.6) is 0 Å². The number of benzene rings is 2. The molecule has 1 N–H and O–H groups in total. The summed E-state index contributed by atoms with van der Waals surface area (Å²) in [7, 11) is 0. The van der Waals surface area contributed by atoms with Crippen molar-refractivity contribution in [2.24, 2.45) is 0 Å². The molecular formula is C23H18F2N2O3. The molecule has 1 aliphatic rings. The number of nitrogens with zero attached hydrogens (tertiary/aromatic N) is 1. The maximum atomic E-state index is 15.2. The molecule has 1 aromatic heterocycles. The molecule has 0 aliphatic carbocycles. The molecule has 7 heteroatoms. The van der Waals surface area contributed by atoms with Crippen LogP contribution in [0.2, 0.25) is 0 Å². The number of hydrogen-bond acceptors (Lipinski definition) is 3. The maximum absolute atomic E-state index is 15.2. The number of hydrogen-bond donors (Lipinski definition) is 1. The number of aromatic nitrogens is 1. The number of carbonyl (C=O) groups excluding carboxylic acids is 2. The SMILES string of the molecule is O=C1CCC(c2c(F)ccc(-c3ccc(Cn4ccccc4=O)cc3)c2F)C(=O)N1. The van der Waals surface area contributed by atoms with E-state index in [4.69, 9.17) is 0 Å². The molecule has 3 aromatic rings. The normalized spacial score (nSPS) is 16.4. The third-order valence-corrected chi connectivity index (χ3v) is 5.23. The summed E-state index contributed by atoms with van der Waals surface area (Å²) >= 11 is 0. The number of nitrogens with one attached hydrogen (secondary N) is 1. The smallest absolute Gasteiger partial charge is 0.250 e. The Morgan fingerprint density at radius 1 is 0.967 bits per heavy atom. The molecule has 1 atom stereocenters. The molecule has 152 valence electrons. The first kappa shape index (κ1) is 19.7. The molecule has 1 unspecified atom stereocenters. The van der Waals surface area contributed by atoms with Gasteiger partial charge in [-0.05, 0) is 35.7 Å². The number of imide groups is 1. The van der Waals surface area contributed by atoms with Crippen LogP contribution in [0, 0.1) is 11.6 Å². The standard InChI is InChI=1S/C23H18F2N2O3/c24-18-10-8-16(22(25)21(18)17-9-11-19(28)26-23(17)30)15-6-4-14(5-7-15)13-27-12-2-1-3-20(27)29/h1-8,10,12,17H,9,11,13H2,(H,26,28,30). The van der Waals surface area contributed by atoms with Crippen LogP contribution in [0.15, 0.2) is 65.6 Å². The van der Waals surface area contributed by atoms with Gasteiger partial charge in [0.05, 0.1) is 12.5 Å². The molecule has 2 amide bonds. The molecule has 1 aliphatic heterocycles. The van der Waals surface area contributed by atoms with Crippen molar-refractivity contribution in [2.45, 2.75) is 25.3 Å². The fourth-order valence-electron chi connectivity index (χ4n) is 3.66. The van der Waals surface area contributed by atoms with E-state index in [9.17, 15) is 18.8 Å². The lowest BCUT2D eigenvalue weighted by Crippen LogP contribution is -2.40. The molecule has 0 radical (unpaired) electrons. The van der Waals surface area contributed by atoms with Crippen molar-refractivity contribution < 1.29 is 18.4 Å². The Kier molecular flexibility index (Phi) is 5.27. The summed E-state index contributed by atoms with van der Waals surface area (Å²) in [5, 5.41) is 2.14. The minimum atomic E-state index is -1.05. The summed E-state index contributed by atoms with van der Waals surface area (Å²) in [5.41, 5.74) is 1.09. The van der Waals surface area contributed by atoms with Crippen molar-refractivity contribution in [3.8, 4) is 11.1 Å². The number of pyridine rings is 1. The molecule has 1 fully saturated rings. The molecule has 5 nitrogen and oxygen atoms in total. The Morgan fingerprint density at radius 2 is 1.73 bits per heavy atom. The van der Waals surface area contributed by atoms with E-state index in [1.54, 1.807) is 47.2 Å². The van der Waals surface area contributed by atoms with Gasteiger partial charge >= 0.3 is 0 Å². The predicted molar refractivity (Wildman–Crippen MR) is 107 cm³/mol. The maximum Gasteiger partial charge on any atom is 0.250 e. The van der Waals surface area contributed by atoms with E-state index in [0.717, 1.165) is 11.6 Å². The topological polar surface area (TPSA) is 68.2 Å². The summed E-state index contributed by atoms with van der Waals surface area (Å²) in [6.45, 7) is 0.368. The molecule has 2 heterocycles. The molecule has 0 saturated carbocycles. The van der Waals surface area contributed by atoms with Crippen LogP contribution in [0.4, 0.5) is 8.78 Å². The molecule has 2 aromatic carbocycles. The van der Waals surface area contributed by atoms with Gasteiger partial charge in [-0.15, -0.1) is 0 Å². The molecule has 30 heavy (non-hydrogen) atoms. The van der Waals surface area contributed by atoms with Crippen LogP contribution in [0.1, 0.15) is 29.9 Å². The zero-order chi connectivity index (χ0) is 21.3. The van der Waals surface area contributed by atoms with Crippen LogP contribution in [-0.2, 0) is 16.1 Å². The summed E-state index contributed by atoms with van der Waals surface area (Å²) in [5.74, 6) is -3.81. The number of rotatable bonds is 4. The first-order chi connectivity index (χ1) is 14.4. The molecule has 4 rings (SSSR count). The quantitative estimate of drug-likeness (QED) is 0.673. The number of carbonyl (C=O) groups is 2. The molecular weight excluding hydrogens is 390 g/mol. The van der Waals surface area contributed by atoms with Gasteiger partial charge in [0.1, 0.15) is 11.6 Å². The van der Waals surface area contributed by atoms with E-state index < -0.39 is 29.4 Å². The van der Waals surface area contributed by atoms with E-state index in [1.165, 1.54) is 12.1 Å². The van der Waals surface area contributed by atoms with Gasteiger partial charge in [0, 0.05) is 29.8 Å². The van der Waals surface area contributed by atoms with Gasteiger partial charge in [-0.25, -0.2) is 8.78 Å². The van der Waals surface area contributed by atoms with Gasteiger partial charge in [0.2, 0.25) is 11.8 Å². The number of halogens is 2. The minimum absolute atomic E-state index is 0.0348. The fraction of sp³-hybridized carbons (Fsp3) is 0.174. The molecule has 1 saturated heterocycles. The highest BCUT2D eigenvalue weighted by Crippen LogP contribution is 2.34. The highest BCUT2D eigenvalue weighted by molar-refractivity contribution is 6.01. The van der Waals surface area contributed by atoms with E-state index in [0.29, 0.717) is 12.1 Å². The van der Waals surface area contributed by atoms with Crippen LogP contribution in [-0.4, -0.2) is 16.4 Å². The van der Waals surface area contributed by atoms with Gasteiger partial charge in [-0.2, -0.15) is 0 Å². The summed E-state index contributed by atoms with van der Waals surface area (Å²) in [6, 6.07) is 14.3. The van der Waals surface area contributed by atoms with Crippen LogP contribution in [0.25, 0.3) is 11.1 Å². The Balaban J connectivity index is 1.64. The van der Waals surface area contributed by atoms with Gasteiger partial charge in [-0.1, -0.05) is 30.3 Å². The summed E-state index contributed by atoms with van der Waals surface area (Å²) in [4.78, 5) is 35.3. The van der Waals surface area contributed by atoms with Gasteiger partial charge in [-0.3, -0.25) is 19.7 Å². The van der Waals surface area contributed by atoms with Crippen LogP contribution in [0.3, 0.4) is 0 Å². The highest BCUT2D eigenvalue weighted by Gasteiger charge is 2.33. The second-order valence-electron chi connectivity index (χ2n) is 7.19. The van der Waals surface area contributed by atoms with Crippen molar-refractivity contribution in [3.05, 3.63) is 93.9 Å². The minimum Gasteiger partial charge on any atom is -0.311 e. The lowest BCUT2D eigenvalue weighted by molar-refractivity contribution is -0.134. The number of piperidine rings is 1. The second kappa shape index (κ2) is 8.02. The van der Waals surface area contributed by atoms with Gasteiger partial charge < -0.3 is 4.57 Å². The van der Waals surface area contributed by atoms with Crippen LogP contribution >= 0.6 is 0 Å². The van der Waals surface area contributed by atoms with Crippen LogP contribution < -0.4 is 10.9 Å². The lowest BCUT2D eigenvalue weighted by atomic mass is 9.87. The molecule has 0 bridgehead atoms. The van der Waals surface area contributed by atoms with Crippen molar-refractivity contribution in [1.29, 1.82) is 0 Å². The summed E-state index contributed by atoms with van der Waals surface area (Å²) < 4.78 is 31.2. The van der Waals surface area contributed by atoms with Gasteiger partial charge in [0.15, 0.2) is 0 Å². The van der Waals surface area contributed by atoms with Crippen molar-refractivity contribution >= 4 is 11.8 Å². The number of amides is 2. The van der Waals surface area contributed by atoms with Crippen molar-refractivity contribution in [1.82, 2.24) is 9.88 Å². The fourth-order valence-corrected chi connectivity index (χ4v) is 3.66. The zero-order valence-corrected chi connectivity index (χ0v) is 15.9. The Hall–Kier alpha value is -3.61. The van der Waals surface area contributed by atoms with E-state index >= 15 is 4.39 Å². The Bertz CT molecular complexity index is 1190. The average molecular weight is 408 g/mol. The first-order valence-electron chi connectivity index (χ1n) is 9.50. The average Bonchev–Trinajstić information content (AvgIpc) is 2.72. The lowest BCUT2D eigenvalue weighted by Gasteiger charge is -2.23. The van der Waals surface area contributed by atoms with Crippen molar-refractivity contribution in [3.63, 3.8) is 0 Å². The predicted octanol–water partition coefficient (Wildman–Crippen LogP) is 3.36. The van der Waals surface area contributed by atoms with E-state index in [1.807, 2.05) is 0 Å². The summed E-state index contributed by atoms with van der Waals surface area (Å²) in [6.07, 6.45) is 1.78. The van der Waals surface area contributed by atoms with E-state index in [-0.39, 0.29) is 29.5 Å². The second-order valence-corrected chi connectivity index (χ2v) is 7.19. The third-order valence-electron chi connectivity index (χ3n) is 5.23. The highest BCUT2D eigenvalue weighted by atomic mass is 19.1.